The van der Waals surface area contributed by atoms with Crippen LogP contribution in [0.4, 0.5) is 0 Å². The van der Waals surface area contributed by atoms with Gasteiger partial charge in [0, 0.05) is 33.4 Å². The van der Waals surface area contributed by atoms with Crippen molar-refractivity contribution in [2.45, 2.75) is 18.9 Å². The molecule has 6 rings (SSSR count). The van der Waals surface area contributed by atoms with Crippen LogP contribution in [0.15, 0.2) is 121 Å². The maximum absolute atomic E-state index is 12.4. The van der Waals surface area contributed by atoms with E-state index in [1.165, 1.54) is 33.2 Å². The maximum atomic E-state index is 12.4. The number of hydrogen-bond acceptors (Lipinski definition) is 6. The standard InChI is InChI=1S/C39H34O5S/c1-41-33-22-13-27(24-34(33)42-2)25-37-38(32-11-7-8-12-36(32)45-37)30-16-14-28(15-17-30)29-18-20-31(21-19-29)44-35(39(40)43-3)23-26-9-5-4-6-10-26/h4-22,24,35H,23,25H2,1-3H3/t35-/m1/s1. The summed E-state index contributed by atoms with van der Waals surface area (Å²) >= 11 is 1.83. The summed E-state index contributed by atoms with van der Waals surface area (Å²) in [6.07, 6.45) is 0.494. The van der Waals surface area contributed by atoms with Gasteiger partial charge in [-0.1, -0.05) is 91.0 Å². The largest absolute Gasteiger partial charge is 0.493 e. The molecule has 1 aromatic heterocycles. The minimum absolute atomic E-state index is 0.398. The lowest BCUT2D eigenvalue weighted by Crippen LogP contribution is -2.30. The van der Waals surface area contributed by atoms with E-state index in [-0.39, 0.29) is 0 Å². The van der Waals surface area contributed by atoms with Gasteiger partial charge < -0.3 is 18.9 Å². The first kappa shape index (κ1) is 30.0. The van der Waals surface area contributed by atoms with E-state index < -0.39 is 12.1 Å². The number of carbonyl (C=O) groups excluding carboxylic acids is 1. The van der Waals surface area contributed by atoms with Gasteiger partial charge in [-0.25, -0.2) is 4.79 Å². The molecule has 0 aliphatic heterocycles. The number of esters is 1. The van der Waals surface area contributed by atoms with Gasteiger partial charge in [-0.3, -0.25) is 0 Å². The number of fused-ring (bicyclic) bond motifs is 1. The van der Waals surface area contributed by atoms with E-state index in [4.69, 9.17) is 18.9 Å². The third kappa shape index (κ3) is 6.71. The number of thiophene rings is 1. The topological polar surface area (TPSA) is 54.0 Å². The lowest BCUT2D eigenvalue weighted by atomic mass is 9.96. The highest BCUT2D eigenvalue weighted by molar-refractivity contribution is 7.19. The summed E-state index contributed by atoms with van der Waals surface area (Å²) in [5.74, 6) is 1.68. The predicted molar refractivity (Wildman–Crippen MR) is 182 cm³/mol. The molecule has 5 aromatic carbocycles. The highest BCUT2D eigenvalue weighted by Crippen LogP contribution is 2.41. The quantitative estimate of drug-likeness (QED) is 0.136. The molecule has 0 fully saturated rings. The minimum Gasteiger partial charge on any atom is -0.493 e. The van der Waals surface area contributed by atoms with Crippen molar-refractivity contribution >= 4 is 27.4 Å². The van der Waals surface area contributed by atoms with E-state index in [0.717, 1.165) is 40.2 Å². The van der Waals surface area contributed by atoms with E-state index in [2.05, 4.69) is 60.7 Å². The molecule has 0 bridgehead atoms. The summed E-state index contributed by atoms with van der Waals surface area (Å²) in [5.41, 5.74) is 6.77. The molecule has 1 heterocycles. The zero-order valence-electron chi connectivity index (χ0n) is 25.5. The predicted octanol–water partition coefficient (Wildman–Crippen LogP) is 9.01. The van der Waals surface area contributed by atoms with Crippen LogP contribution in [-0.4, -0.2) is 33.4 Å². The van der Waals surface area contributed by atoms with Crippen LogP contribution in [0.25, 0.3) is 32.3 Å². The van der Waals surface area contributed by atoms with Gasteiger partial charge in [-0.2, -0.15) is 0 Å². The van der Waals surface area contributed by atoms with E-state index in [9.17, 15) is 4.79 Å². The SMILES string of the molecule is COC(=O)[C@@H](Cc1ccccc1)Oc1ccc(-c2ccc(-c3c(Cc4ccc(OC)c(OC)c4)sc4ccccc34)cc2)cc1. The Morgan fingerprint density at radius 3 is 2.00 bits per heavy atom. The molecule has 0 aliphatic rings. The van der Waals surface area contributed by atoms with Gasteiger partial charge in [0.05, 0.1) is 21.3 Å². The third-order valence-electron chi connectivity index (χ3n) is 7.85. The van der Waals surface area contributed by atoms with E-state index in [1.807, 2.05) is 72.0 Å². The molecule has 0 spiro atoms. The summed E-state index contributed by atoms with van der Waals surface area (Å²) in [5, 5.41) is 1.25. The van der Waals surface area contributed by atoms with Crippen LogP contribution in [-0.2, 0) is 22.4 Å². The van der Waals surface area contributed by atoms with E-state index in [1.54, 1.807) is 14.2 Å². The Morgan fingerprint density at radius 2 is 1.31 bits per heavy atom. The average molecular weight is 615 g/mol. The Balaban J connectivity index is 1.23. The molecule has 5 nitrogen and oxygen atoms in total. The zero-order valence-corrected chi connectivity index (χ0v) is 26.3. The van der Waals surface area contributed by atoms with Gasteiger partial charge in [0.25, 0.3) is 0 Å². The normalized spacial score (nSPS) is 11.6. The van der Waals surface area contributed by atoms with Crippen molar-refractivity contribution in [3.63, 3.8) is 0 Å². The highest BCUT2D eigenvalue weighted by Gasteiger charge is 2.22. The molecule has 0 saturated heterocycles. The summed E-state index contributed by atoms with van der Waals surface area (Å²) in [7, 11) is 4.70. The molecule has 1 atom stereocenters. The van der Waals surface area contributed by atoms with E-state index in [0.29, 0.717) is 12.2 Å². The third-order valence-corrected chi connectivity index (χ3v) is 9.02. The van der Waals surface area contributed by atoms with Crippen LogP contribution in [0, 0.1) is 0 Å². The van der Waals surface area contributed by atoms with Gasteiger partial charge in [0.2, 0.25) is 0 Å². The monoisotopic (exact) mass is 614 g/mol. The zero-order chi connectivity index (χ0) is 31.2. The van der Waals surface area contributed by atoms with Gasteiger partial charge in [0.15, 0.2) is 17.6 Å². The lowest BCUT2D eigenvalue weighted by molar-refractivity contribution is -0.148. The number of benzene rings is 5. The number of methoxy groups -OCH3 is 3. The highest BCUT2D eigenvalue weighted by atomic mass is 32.1. The van der Waals surface area contributed by atoms with Crippen molar-refractivity contribution < 1.29 is 23.7 Å². The Bertz CT molecular complexity index is 1890. The van der Waals surface area contributed by atoms with Crippen molar-refractivity contribution in [1.82, 2.24) is 0 Å². The second kappa shape index (κ2) is 13.7. The smallest absolute Gasteiger partial charge is 0.347 e. The van der Waals surface area contributed by atoms with Crippen LogP contribution < -0.4 is 14.2 Å². The van der Waals surface area contributed by atoms with Crippen LogP contribution in [0.2, 0.25) is 0 Å². The molecule has 0 amide bonds. The van der Waals surface area contributed by atoms with Crippen molar-refractivity contribution in [3.05, 3.63) is 137 Å². The van der Waals surface area contributed by atoms with Gasteiger partial charge in [-0.15, -0.1) is 11.3 Å². The average Bonchev–Trinajstić information content (AvgIpc) is 3.46. The molecule has 0 saturated carbocycles. The fraction of sp³-hybridized carbons (Fsp3) is 0.154. The maximum Gasteiger partial charge on any atom is 0.347 e. The first-order chi connectivity index (χ1) is 22.1. The molecule has 0 aliphatic carbocycles. The summed E-state index contributed by atoms with van der Waals surface area (Å²) in [4.78, 5) is 13.7. The van der Waals surface area contributed by atoms with Gasteiger partial charge in [-0.05, 0) is 58.1 Å². The summed E-state index contributed by atoms with van der Waals surface area (Å²) in [6.45, 7) is 0. The van der Waals surface area contributed by atoms with Crippen molar-refractivity contribution in [2.24, 2.45) is 0 Å². The van der Waals surface area contributed by atoms with Crippen molar-refractivity contribution in [3.8, 4) is 39.5 Å². The summed E-state index contributed by atoms with van der Waals surface area (Å²) in [6, 6.07) is 41.0. The molecular formula is C39H34O5S. The van der Waals surface area contributed by atoms with Crippen molar-refractivity contribution in [1.29, 1.82) is 0 Å². The van der Waals surface area contributed by atoms with Crippen LogP contribution in [0.1, 0.15) is 16.0 Å². The molecule has 0 N–H and O–H groups in total. The Labute approximate surface area is 267 Å². The molecular weight excluding hydrogens is 580 g/mol. The minimum atomic E-state index is -0.726. The molecule has 0 unspecified atom stereocenters. The number of ether oxygens (including phenoxy) is 4. The van der Waals surface area contributed by atoms with E-state index >= 15 is 0 Å². The number of carbonyl (C=O) groups is 1. The number of hydrogen-bond donors (Lipinski definition) is 0. The Hall–Kier alpha value is -5.07. The first-order valence-corrected chi connectivity index (χ1v) is 15.6. The van der Waals surface area contributed by atoms with Gasteiger partial charge >= 0.3 is 5.97 Å². The van der Waals surface area contributed by atoms with Crippen LogP contribution in [0.3, 0.4) is 0 Å². The van der Waals surface area contributed by atoms with Gasteiger partial charge in [0.1, 0.15) is 5.75 Å². The second-order valence-corrected chi connectivity index (χ2v) is 11.8. The second-order valence-electron chi connectivity index (χ2n) is 10.7. The first-order valence-electron chi connectivity index (χ1n) is 14.8. The fourth-order valence-electron chi connectivity index (χ4n) is 5.57. The molecule has 6 aromatic rings. The molecule has 6 heteroatoms. The Kier molecular flexibility index (Phi) is 9.13. The van der Waals surface area contributed by atoms with Crippen molar-refractivity contribution in [2.75, 3.05) is 21.3 Å². The molecule has 226 valence electrons. The fourth-order valence-corrected chi connectivity index (χ4v) is 6.83. The number of rotatable bonds is 11. The Morgan fingerprint density at radius 1 is 0.667 bits per heavy atom. The van der Waals surface area contributed by atoms with Crippen LogP contribution in [0.5, 0.6) is 17.2 Å². The molecule has 45 heavy (non-hydrogen) atoms. The van der Waals surface area contributed by atoms with Crippen LogP contribution >= 0.6 is 11.3 Å². The lowest BCUT2D eigenvalue weighted by Gasteiger charge is -2.17. The molecule has 0 radical (unpaired) electrons. The summed E-state index contributed by atoms with van der Waals surface area (Å²) < 4.78 is 23.3.